The van der Waals surface area contributed by atoms with Crippen LogP contribution in [0.15, 0.2) is 60.8 Å². The zero-order chi connectivity index (χ0) is 18.8. The van der Waals surface area contributed by atoms with E-state index in [-0.39, 0.29) is 11.9 Å². The fourth-order valence-electron chi connectivity index (χ4n) is 3.33. The van der Waals surface area contributed by atoms with Crippen molar-refractivity contribution >= 4 is 5.91 Å². The van der Waals surface area contributed by atoms with Gasteiger partial charge in [-0.3, -0.25) is 4.79 Å². The molecule has 4 rings (SSSR count). The molecule has 1 fully saturated rings. The molecule has 1 amide bonds. The topological polar surface area (TPSA) is 56.1 Å². The molecule has 2 aromatic carbocycles. The van der Waals surface area contributed by atoms with Crippen molar-refractivity contribution in [1.29, 1.82) is 0 Å². The normalized spacial score (nSPS) is 14.6. The number of amides is 1. The van der Waals surface area contributed by atoms with Crippen LogP contribution >= 0.6 is 0 Å². The summed E-state index contributed by atoms with van der Waals surface area (Å²) >= 11 is 0. The average molecular weight is 361 g/mol. The van der Waals surface area contributed by atoms with E-state index < -0.39 is 0 Å². The number of rotatable bonds is 6. The number of aromatic nitrogens is 2. The van der Waals surface area contributed by atoms with E-state index in [9.17, 15) is 4.79 Å². The minimum atomic E-state index is -0.0496. The molecule has 0 bridgehead atoms. The van der Waals surface area contributed by atoms with E-state index in [1.807, 2.05) is 66.2 Å². The molecule has 1 aliphatic rings. The molecule has 0 aliphatic heterocycles. The number of hydrogen-bond donors (Lipinski definition) is 1. The number of carbonyl (C=O) groups excluding carboxylic acids is 1. The monoisotopic (exact) mass is 361 g/mol. The van der Waals surface area contributed by atoms with E-state index in [2.05, 4.69) is 10.4 Å². The second-order valence-corrected chi connectivity index (χ2v) is 6.99. The van der Waals surface area contributed by atoms with Gasteiger partial charge in [0.25, 0.3) is 5.91 Å². The quantitative estimate of drug-likeness (QED) is 0.720. The Morgan fingerprint density at radius 2 is 1.81 bits per heavy atom. The van der Waals surface area contributed by atoms with Crippen molar-refractivity contribution in [1.82, 2.24) is 15.1 Å². The van der Waals surface area contributed by atoms with Gasteiger partial charge in [0.15, 0.2) is 0 Å². The van der Waals surface area contributed by atoms with Gasteiger partial charge in [0.05, 0.1) is 18.8 Å². The van der Waals surface area contributed by atoms with E-state index >= 15 is 0 Å². The predicted octanol–water partition coefficient (Wildman–Crippen LogP) is 4.07. The molecule has 1 aromatic heterocycles. The summed E-state index contributed by atoms with van der Waals surface area (Å²) in [5.74, 6) is 1.28. The molecule has 5 nitrogen and oxygen atoms in total. The van der Waals surface area contributed by atoms with Gasteiger partial charge in [-0.15, -0.1) is 0 Å². The molecule has 0 spiro atoms. The largest absolute Gasteiger partial charge is 0.497 e. The van der Waals surface area contributed by atoms with E-state index in [1.54, 1.807) is 13.3 Å². The average Bonchev–Trinajstić information content (AvgIpc) is 3.46. The Kier molecular flexibility index (Phi) is 4.67. The number of benzene rings is 2. The first-order valence-corrected chi connectivity index (χ1v) is 9.21. The molecule has 1 N–H and O–H groups in total. The van der Waals surface area contributed by atoms with Crippen LogP contribution in [0.5, 0.6) is 5.75 Å². The summed E-state index contributed by atoms with van der Waals surface area (Å²) in [6, 6.07) is 17.5. The highest BCUT2D eigenvalue weighted by molar-refractivity contribution is 5.94. The summed E-state index contributed by atoms with van der Waals surface area (Å²) in [7, 11) is 1.66. The Hall–Kier alpha value is -3.08. The first-order valence-electron chi connectivity index (χ1n) is 9.21. The number of methoxy groups -OCH3 is 1. The molecule has 27 heavy (non-hydrogen) atoms. The number of hydrogen-bond acceptors (Lipinski definition) is 3. The van der Waals surface area contributed by atoms with Crippen molar-refractivity contribution in [3.05, 3.63) is 77.6 Å². The van der Waals surface area contributed by atoms with E-state index in [0.29, 0.717) is 11.5 Å². The molecular weight excluding hydrogens is 338 g/mol. The molecule has 1 aliphatic carbocycles. The second kappa shape index (κ2) is 7.27. The Labute approximate surface area is 159 Å². The van der Waals surface area contributed by atoms with Crippen LogP contribution < -0.4 is 10.1 Å². The van der Waals surface area contributed by atoms with Gasteiger partial charge in [-0.2, -0.15) is 5.10 Å². The van der Waals surface area contributed by atoms with Gasteiger partial charge in [0.2, 0.25) is 0 Å². The van der Waals surface area contributed by atoms with Gasteiger partial charge in [-0.05, 0) is 73.7 Å². The molecule has 138 valence electrons. The second-order valence-electron chi connectivity index (χ2n) is 6.99. The van der Waals surface area contributed by atoms with Crippen molar-refractivity contribution in [3.63, 3.8) is 0 Å². The van der Waals surface area contributed by atoms with Crippen molar-refractivity contribution < 1.29 is 9.53 Å². The Morgan fingerprint density at radius 3 is 2.37 bits per heavy atom. The molecular formula is C22H23N3O2. The van der Waals surface area contributed by atoms with Crippen LogP contribution in [0.25, 0.3) is 5.69 Å². The van der Waals surface area contributed by atoms with Crippen LogP contribution in [0, 0.1) is 12.8 Å². The van der Waals surface area contributed by atoms with Gasteiger partial charge in [0, 0.05) is 17.5 Å². The maximum Gasteiger partial charge on any atom is 0.251 e. The third-order valence-corrected chi connectivity index (χ3v) is 5.06. The lowest BCUT2D eigenvalue weighted by atomic mass is 10.0. The standard InChI is InChI=1S/C22H23N3O2/c1-15-13-14-23-25(15)19-9-5-18(6-10-19)22(26)24-21(16-3-4-16)17-7-11-20(27-2)12-8-17/h5-14,16,21H,3-4H2,1-2H3,(H,24,26). The Bertz CT molecular complexity index is 925. The maximum absolute atomic E-state index is 12.8. The van der Waals surface area contributed by atoms with E-state index in [1.165, 1.54) is 0 Å². The number of nitrogens with one attached hydrogen (secondary N) is 1. The fourth-order valence-corrected chi connectivity index (χ4v) is 3.33. The molecule has 1 unspecified atom stereocenters. The molecule has 3 aromatic rings. The summed E-state index contributed by atoms with van der Waals surface area (Å²) in [5, 5.41) is 7.51. The van der Waals surface area contributed by atoms with Crippen LogP contribution in [-0.4, -0.2) is 22.8 Å². The lowest BCUT2D eigenvalue weighted by molar-refractivity contribution is 0.0931. The van der Waals surface area contributed by atoms with Crippen LogP contribution in [-0.2, 0) is 0 Å². The van der Waals surface area contributed by atoms with Gasteiger partial charge in [0.1, 0.15) is 5.75 Å². The first kappa shape index (κ1) is 17.3. The number of aryl methyl sites for hydroxylation is 1. The Morgan fingerprint density at radius 1 is 1.11 bits per heavy atom. The highest BCUT2D eigenvalue weighted by atomic mass is 16.5. The van der Waals surface area contributed by atoms with Crippen molar-refractivity contribution in [2.45, 2.75) is 25.8 Å². The molecule has 5 heteroatoms. The molecule has 1 saturated carbocycles. The third kappa shape index (κ3) is 3.72. The predicted molar refractivity (Wildman–Crippen MR) is 104 cm³/mol. The van der Waals surface area contributed by atoms with Gasteiger partial charge in [-0.1, -0.05) is 12.1 Å². The molecule has 1 heterocycles. The zero-order valence-electron chi connectivity index (χ0n) is 15.6. The highest BCUT2D eigenvalue weighted by Crippen LogP contribution is 2.41. The Balaban J connectivity index is 1.50. The molecule has 1 atom stereocenters. The summed E-state index contributed by atoms with van der Waals surface area (Å²) in [6.45, 7) is 2.00. The molecule has 0 radical (unpaired) electrons. The van der Waals surface area contributed by atoms with Crippen LogP contribution in [0.2, 0.25) is 0 Å². The number of ether oxygens (including phenoxy) is 1. The number of nitrogens with zero attached hydrogens (tertiary/aromatic N) is 2. The van der Waals surface area contributed by atoms with E-state index in [4.69, 9.17) is 4.74 Å². The summed E-state index contributed by atoms with van der Waals surface area (Å²) in [5.41, 5.74) is 3.78. The molecule has 0 saturated heterocycles. The van der Waals surface area contributed by atoms with Gasteiger partial charge >= 0.3 is 0 Å². The number of carbonyl (C=O) groups is 1. The lowest BCUT2D eigenvalue weighted by Crippen LogP contribution is -2.29. The van der Waals surface area contributed by atoms with Crippen molar-refractivity contribution in [3.8, 4) is 11.4 Å². The highest BCUT2D eigenvalue weighted by Gasteiger charge is 2.33. The fraction of sp³-hybridized carbons (Fsp3) is 0.273. The third-order valence-electron chi connectivity index (χ3n) is 5.06. The minimum absolute atomic E-state index is 0.0384. The summed E-state index contributed by atoms with van der Waals surface area (Å²) in [4.78, 5) is 12.8. The van der Waals surface area contributed by atoms with Crippen molar-refractivity contribution in [2.24, 2.45) is 5.92 Å². The van der Waals surface area contributed by atoms with Crippen LogP contribution in [0.3, 0.4) is 0 Å². The SMILES string of the molecule is COc1ccc(C(NC(=O)c2ccc(-n3nccc3C)cc2)C2CC2)cc1. The van der Waals surface area contributed by atoms with Gasteiger partial charge in [-0.25, -0.2) is 4.68 Å². The van der Waals surface area contributed by atoms with E-state index in [0.717, 1.165) is 35.5 Å². The minimum Gasteiger partial charge on any atom is -0.497 e. The summed E-state index contributed by atoms with van der Waals surface area (Å²) < 4.78 is 7.08. The smallest absolute Gasteiger partial charge is 0.251 e. The zero-order valence-corrected chi connectivity index (χ0v) is 15.6. The van der Waals surface area contributed by atoms with Gasteiger partial charge < -0.3 is 10.1 Å². The van der Waals surface area contributed by atoms with Crippen LogP contribution in [0.4, 0.5) is 0 Å². The van der Waals surface area contributed by atoms with Crippen molar-refractivity contribution in [2.75, 3.05) is 7.11 Å². The van der Waals surface area contributed by atoms with Crippen LogP contribution in [0.1, 0.15) is 40.5 Å². The lowest BCUT2D eigenvalue weighted by Gasteiger charge is -2.19. The first-order chi connectivity index (χ1) is 13.2. The maximum atomic E-state index is 12.8. The summed E-state index contributed by atoms with van der Waals surface area (Å²) in [6.07, 6.45) is 4.06.